The van der Waals surface area contributed by atoms with Gasteiger partial charge in [-0.3, -0.25) is 4.79 Å². The second-order valence-electron chi connectivity index (χ2n) is 8.58. The van der Waals surface area contributed by atoms with E-state index in [-0.39, 0.29) is 37.3 Å². The van der Waals surface area contributed by atoms with Crippen LogP contribution in [0.5, 0.6) is 0 Å². The molecule has 0 aliphatic rings. The highest BCUT2D eigenvalue weighted by atomic mass is 16.4. The van der Waals surface area contributed by atoms with E-state index in [0.717, 1.165) is 11.1 Å². The Labute approximate surface area is 195 Å². The highest BCUT2D eigenvalue weighted by Crippen LogP contribution is 2.07. The summed E-state index contributed by atoms with van der Waals surface area (Å²) in [4.78, 5) is 36.9. The largest absolute Gasteiger partial charge is 0.480 e. The maximum absolute atomic E-state index is 12.9. The van der Waals surface area contributed by atoms with Gasteiger partial charge < -0.3 is 26.8 Å². The molecular weight excluding hydrogens is 420 g/mol. The Morgan fingerprint density at radius 2 is 1.36 bits per heavy atom. The van der Waals surface area contributed by atoms with Crippen molar-refractivity contribution in [1.82, 2.24) is 16.0 Å². The number of carbonyl (C=O) groups is 3. The number of nitrogens with one attached hydrogen (secondary N) is 3. The molecule has 178 valence electrons. The van der Waals surface area contributed by atoms with E-state index in [1.165, 1.54) is 0 Å². The molecule has 0 saturated carbocycles. The average molecular weight is 455 g/mol. The zero-order valence-electron chi connectivity index (χ0n) is 19.2. The zero-order chi connectivity index (χ0) is 24.2. The quantitative estimate of drug-likeness (QED) is 0.335. The Morgan fingerprint density at radius 1 is 0.848 bits per heavy atom. The molecule has 0 aliphatic carbocycles. The van der Waals surface area contributed by atoms with E-state index in [1.54, 1.807) is 0 Å². The van der Waals surface area contributed by atoms with Crippen molar-refractivity contribution < 1.29 is 19.5 Å². The van der Waals surface area contributed by atoms with Crippen LogP contribution in [0.15, 0.2) is 60.7 Å². The van der Waals surface area contributed by atoms with Gasteiger partial charge in [-0.05, 0) is 29.9 Å². The van der Waals surface area contributed by atoms with Crippen molar-refractivity contribution in [2.75, 3.05) is 6.54 Å². The van der Waals surface area contributed by atoms with Crippen LogP contribution in [0.4, 0.5) is 4.79 Å². The molecular formula is C25H34N4O4. The number of benzene rings is 2. The predicted molar refractivity (Wildman–Crippen MR) is 128 cm³/mol. The first-order valence-corrected chi connectivity index (χ1v) is 11.2. The minimum absolute atomic E-state index is 0.0842. The third-order valence-corrected chi connectivity index (χ3v) is 5.09. The molecule has 0 saturated heterocycles. The van der Waals surface area contributed by atoms with Crippen molar-refractivity contribution in [3.63, 3.8) is 0 Å². The second-order valence-corrected chi connectivity index (χ2v) is 8.58. The van der Waals surface area contributed by atoms with Gasteiger partial charge in [0.05, 0.1) is 0 Å². The van der Waals surface area contributed by atoms with E-state index in [9.17, 15) is 19.5 Å². The summed E-state index contributed by atoms with van der Waals surface area (Å²) in [5.74, 6) is -1.41. The number of amides is 3. The number of hydrogen-bond donors (Lipinski definition) is 5. The third-order valence-electron chi connectivity index (χ3n) is 5.09. The fraction of sp³-hybridized carbons (Fsp3) is 0.400. The first-order valence-electron chi connectivity index (χ1n) is 11.2. The molecule has 2 rings (SSSR count). The monoisotopic (exact) mass is 454 g/mol. The summed E-state index contributed by atoms with van der Waals surface area (Å²) in [5.41, 5.74) is 8.11. The van der Waals surface area contributed by atoms with E-state index in [1.807, 2.05) is 74.5 Å². The molecule has 0 fully saturated rings. The van der Waals surface area contributed by atoms with Crippen molar-refractivity contribution >= 4 is 17.9 Å². The molecule has 33 heavy (non-hydrogen) atoms. The SMILES string of the molecule is CC(C)C[C@H](NC(=O)N[C@@H](Cc1ccccc1)C(=O)NC[C@H](N)Cc1ccccc1)C(=O)O. The maximum Gasteiger partial charge on any atom is 0.326 e. The summed E-state index contributed by atoms with van der Waals surface area (Å²) >= 11 is 0. The van der Waals surface area contributed by atoms with Crippen molar-refractivity contribution in [3.05, 3.63) is 71.8 Å². The van der Waals surface area contributed by atoms with Gasteiger partial charge in [-0.1, -0.05) is 74.5 Å². The number of carboxylic acid groups (broad SMARTS) is 1. The summed E-state index contributed by atoms with van der Waals surface area (Å²) in [6.45, 7) is 3.99. The van der Waals surface area contributed by atoms with Gasteiger partial charge in [-0.2, -0.15) is 0 Å². The highest BCUT2D eigenvalue weighted by molar-refractivity contribution is 5.89. The van der Waals surface area contributed by atoms with Crippen LogP contribution < -0.4 is 21.7 Å². The molecule has 0 unspecified atom stereocenters. The lowest BCUT2D eigenvalue weighted by Gasteiger charge is -2.22. The van der Waals surface area contributed by atoms with Crippen LogP contribution in [0, 0.1) is 5.92 Å². The zero-order valence-corrected chi connectivity index (χ0v) is 19.2. The number of carboxylic acids is 1. The second kappa shape index (κ2) is 13.2. The number of hydrogen-bond acceptors (Lipinski definition) is 4. The van der Waals surface area contributed by atoms with Crippen LogP contribution in [0.3, 0.4) is 0 Å². The molecule has 0 spiro atoms. The number of rotatable bonds is 12. The normalized spacial score (nSPS) is 13.6. The van der Waals surface area contributed by atoms with E-state index in [0.29, 0.717) is 6.42 Å². The summed E-state index contributed by atoms with van der Waals surface area (Å²) < 4.78 is 0. The molecule has 0 aromatic heterocycles. The van der Waals surface area contributed by atoms with Gasteiger partial charge in [-0.15, -0.1) is 0 Å². The molecule has 8 heteroatoms. The Bertz CT molecular complexity index is 890. The first-order chi connectivity index (χ1) is 15.7. The fourth-order valence-corrected chi connectivity index (χ4v) is 3.45. The van der Waals surface area contributed by atoms with Crippen LogP contribution in [0.1, 0.15) is 31.4 Å². The van der Waals surface area contributed by atoms with Gasteiger partial charge >= 0.3 is 12.0 Å². The number of nitrogens with two attached hydrogens (primary N) is 1. The molecule has 2 aromatic carbocycles. The van der Waals surface area contributed by atoms with Crippen LogP contribution in [-0.4, -0.2) is 47.7 Å². The number of aliphatic carboxylic acids is 1. The van der Waals surface area contributed by atoms with Gasteiger partial charge in [0.25, 0.3) is 0 Å². The number of carbonyl (C=O) groups excluding carboxylic acids is 2. The lowest BCUT2D eigenvalue weighted by Crippen LogP contribution is -2.55. The molecule has 3 atom stereocenters. The molecule has 0 bridgehead atoms. The van der Waals surface area contributed by atoms with Crippen LogP contribution in [0.2, 0.25) is 0 Å². The van der Waals surface area contributed by atoms with Crippen LogP contribution >= 0.6 is 0 Å². The molecule has 0 aliphatic heterocycles. The maximum atomic E-state index is 12.9. The predicted octanol–water partition coefficient (Wildman–Crippen LogP) is 2.08. The minimum atomic E-state index is -1.12. The van der Waals surface area contributed by atoms with Gasteiger partial charge in [0.1, 0.15) is 12.1 Å². The van der Waals surface area contributed by atoms with Gasteiger partial charge in [-0.25, -0.2) is 9.59 Å². The standard InChI is InChI=1S/C25H34N4O4/c1-17(2)13-22(24(31)32)29-25(33)28-21(15-19-11-7-4-8-12-19)23(30)27-16-20(26)14-18-9-5-3-6-10-18/h3-12,17,20-22H,13-16,26H2,1-2H3,(H,27,30)(H,31,32)(H2,28,29,33)/t20-,21+,22+/m1/s1. The van der Waals surface area contributed by atoms with Gasteiger partial charge in [0.15, 0.2) is 0 Å². The molecule has 6 N–H and O–H groups in total. The molecule has 0 heterocycles. The first kappa shape index (κ1) is 25.9. The van der Waals surface area contributed by atoms with Gasteiger partial charge in [0.2, 0.25) is 5.91 Å². The van der Waals surface area contributed by atoms with E-state index in [4.69, 9.17) is 5.73 Å². The molecule has 3 amide bonds. The van der Waals surface area contributed by atoms with Crippen molar-refractivity contribution in [1.29, 1.82) is 0 Å². The third kappa shape index (κ3) is 9.74. The highest BCUT2D eigenvalue weighted by Gasteiger charge is 2.25. The lowest BCUT2D eigenvalue weighted by atomic mass is 10.0. The summed E-state index contributed by atoms with van der Waals surface area (Å²) in [5, 5.41) is 17.3. The summed E-state index contributed by atoms with van der Waals surface area (Å²) in [7, 11) is 0. The van der Waals surface area contributed by atoms with Gasteiger partial charge in [0, 0.05) is 19.0 Å². The van der Waals surface area contributed by atoms with Crippen molar-refractivity contribution in [2.45, 2.75) is 51.2 Å². The smallest absolute Gasteiger partial charge is 0.326 e. The van der Waals surface area contributed by atoms with Crippen LogP contribution in [0.25, 0.3) is 0 Å². The summed E-state index contributed by atoms with van der Waals surface area (Å²) in [6, 6.07) is 16.1. The Morgan fingerprint density at radius 3 is 1.88 bits per heavy atom. The van der Waals surface area contributed by atoms with Crippen molar-refractivity contribution in [2.24, 2.45) is 11.7 Å². The van der Waals surface area contributed by atoms with Crippen molar-refractivity contribution in [3.8, 4) is 0 Å². The lowest BCUT2D eigenvalue weighted by molar-refractivity contribution is -0.139. The Balaban J connectivity index is 2.00. The number of urea groups is 1. The Hall–Kier alpha value is -3.39. The summed E-state index contributed by atoms with van der Waals surface area (Å²) in [6.07, 6.45) is 1.15. The van der Waals surface area contributed by atoms with E-state index >= 15 is 0 Å². The molecule has 0 radical (unpaired) electrons. The minimum Gasteiger partial charge on any atom is -0.480 e. The fourth-order valence-electron chi connectivity index (χ4n) is 3.45. The Kier molecular flexibility index (Phi) is 10.4. The molecule has 2 aromatic rings. The van der Waals surface area contributed by atoms with Crippen LogP contribution in [-0.2, 0) is 22.4 Å². The molecule has 8 nitrogen and oxygen atoms in total. The average Bonchev–Trinajstić information content (AvgIpc) is 2.77. The van der Waals surface area contributed by atoms with E-state index < -0.39 is 24.1 Å². The topological polar surface area (TPSA) is 134 Å². The van der Waals surface area contributed by atoms with E-state index in [2.05, 4.69) is 16.0 Å².